The largest absolute Gasteiger partial charge is 0.469 e. The number of esters is 1. The maximum Gasteiger partial charge on any atom is 0.305 e. The fraction of sp³-hybridized carbons (Fsp3) is 0.929. The Morgan fingerprint density at radius 2 is 2.17 bits per heavy atom. The van der Waals surface area contributed by atoms with Gasteiger partial charge >= 0.3 is 5.97 Å². The number of methoxy groups -OCH3 is 1. The number of hydrogen-bond acceptors (Lipinski definition) is 4. The Balaban J connectivity index is 1.76. The molecule has 0 bridgehead atoms. The van der Waals surface area contributed by atoms with Crippen LogP contribution < -0.4 is 0 Å². The van der Waals surface area contributed by atoms with Crippen molar-refractivity contribution in [3.8, 4) is 0 Å². The number of carbonyl (C=O) groups excluding carboxylic acids is 1. The summed E-state index contributed by atoms with van der Waals surface area (Å²) in [7, 11) is 1.39. The second kappa shape index (κ2) is 5.57. The Morgan fingerprint density at radius 3 is 2.83 bits per heavy atom. The van der Waals surface area contributed by atoms with E-state index in [1.54, 1.807) is 0 Å². The molecule has 4 unspecified atom stereocenters. The van der Waals surface area contributed by atoms with E-state index in [9.17, 15) is 15.0 Å². The standard InChI is InChI=1S/C14H24O4/c1-18-12(15)7-2-3-8-14(17)9-10-5-4-6-11(10)13(14)16/h10-11,13,16-17H,2-9H2,1H3. The lowest BCUT2D eigenvalue weighted by Crippen LogP contribution is -2.40. The van der Waals surface area contributed by atoms with Gasteiger partial charge in [0.05, 0.1) is 18.8 Å². The van der Waals surface area contributed by atoms with Gasteiger partial charge in [-0.05, 0) is 50.4 Å². The van der Waals surface area contributed by atoms with E-state index in [-0.39, 0.29) is 5.97 Å². The lowest BCUT2D eigenvalue weighted by molar-refractivity contribution is -0.140. The molecule has 0 aromatic carbocycles. The fourth-order valence-electron chi connectivity index (χ4n) is 3.76. The van der Waals surface area contributed by atoms with Gasteiger partial charge in [0.15, 0.2) is 0 Å². The summed E-state index contributed by atoms with van der Waals surface area (Å²) in [6, 6.07) is 0. The number of rotatable bonds is 5. The van der Waals surface area contributed by atoms with Crippen LogP contribution in [0, 0.1) is 11.8 Å². The average Bonchev–Trinajstić information content (AvgIpc) is 2.88. The van der Waals surface area contributed by atoms with Gasteiger partial charge in [-0.25, -0.2) is 0 Å². The molecule has 0 radical (unpaired) electrons. The quantitative estimate of drug-likeness (QED) is 0.579. The summed E-state index contributed by atoms with van der Waals surface area (Å²) in [5, 5.41) is 20.8. The molecule has 2 aliphatic carbocycles. The van der Waals surface area contributed by atoms with Crippen LogP contribution in [0.3, 0.4) is 0 Å². The van der Waals surface area contributed by atoms with Gasteiger partial charge < -0.3 is 14.9 Å². The number of ether oxygens (including phenoxy) is 1. The highest BCUT2D eigenvalue weighted by atomic mass is 16.5. The molecular weight excluding hydrogens is 232 g/mol. The van der Waals surface area contributed by atoms with Crippen LogP contribution in [0.15, 0.2) is 0 Å². The first-order valence-corrected chi connectivity index (χ1v) is 7.04. The van der Waals surface area contributed by atoms with E-state index in [2.05, 4.69) is 4.74 Å². The van der Waals surface area contributed by atoms with Gasteiger partial charge in [0.2, 0.25) is 0 Å². The highest BCUT2D eigenvalue weighted by Gasteiger charge is 2.52. The maximum atomic E-state index is 11.0. The molecule has 2 saturated carbocycles. The molecule has 0 heterocycles. The number of fused-ring (bicyclic) bond motifs is 1. The fourth-order valence-corrected chi connectivity index (χ4v) is 3.76. The lowest BCUT2D eigenvalue weighted by atomic mass is 9.89. The van der Waals surface area contributed by atoms with Crippen LogP contribution in [-0.4, -0.2) is 35.0 Å². The normalized spacial score (nSPS) is 38.7. The van der Waals surface area contributed by atoms with E-state index in [0.29, 0.717) is 24.7 Å². The van der Waals surface area contributed by atoms with Crippen molar-refractivity contribution in [3.05, 3.63) is 0 Å². The Kier molecular flexibility index (Phi) is 4.28. The van der Waals surface area contributed by atoms with Crippen molar-refractivity contribution in [1.82, 2.24) is 0 Å². The van der Waals surface area contributed by atoms with Crippen molar-refractivity contribution >= 4 is 5.97 Å². The number of aliphatic hydroxyl groups is 2. The zero-order chi connectivity index (χ0) is 13.2. The molecule has 0 amide bonds. The number of hydrogen-bond donors (Lipinski definition) is 2. The molecule has 4 atom stereocenters. The Bertz CT molecular complexity index is 304. The van der Waals surface area contributed by atoms with Crippen LogP contribution in [0.2, 0.25) is 0 Å². The topological polar surface area (TPSA) is 66.8 Å². The maximum absolute atomic E-state index is 11.0. The molecular formula is C14H24O4. The lowest BCUT2D eigenvalue weighted by Gasteiger charge is -2.28. The second-order valence-corrected chi connectivity index (χ2v) is 5.89. The van der Waals surface area contributed by atoms with Crippen LogP contribution in [0.1, 0.15) is 51.4 Å². The van der Waals surface area contributed by atoms with Gasteiger partial charge in [-0.2, -0.15) is 0 Å². The molecule has 18 heavy (non-hydrogen) atoms. The van der Waals surface area contributed by atoms with Crippen LogP contribution in [0.25, 0.3) is 0 Å². The zero-order valence-electron chi connectivity index (χ0n) is 11.1. The van der Waals surface area contributed by atoms with Gasteiger partial charge in [-0.3, -0.25) is 4.79 Å². The number of aliphatic hydroxyl groups excluding tert-OH is 1. The van der Waals surface area contributed by atoms with E-state index < -0.39 is 11.7 Å². The smallest absolute Gasteiger partial charge is 0.305 e. The van der Waals surface area contributed by atoms with Crippen LogP contribution in [0.4, 0.5) is 0 Å². The van der Waals surface area contributed by atoms with Gasteiger partial charge in [0.25, 0.3) is 0 Å². The van der Waals surface area contributed by atoms with Gasteiger partial charge in [-0.1, -0.05) is 6.42 Å². The zero-order valence-corrected chi connectivity index (χ0v) is 11.1. The first-order valence-electron chi connectivity index (χ1n) is 7.04. The molecule has 0 aromatic heterocycles. The molecule has 2 N–H and O–H groups in total. The summed E-state index contributed by atoms with van der Waals surface area (Å²) in [5.74, 6) is 0.604. The Morgan fingerprint density at radius 1 is 1.39 bits per heavy atom. The van der Waals surface area contributed by atoms with Crippen LogP contribution >= 0.6 is 0 Å². The number of carbonyl (C=O) groups is 1. The van der Waals surface area contributed by atoms with E-state index in [1.165, 1.54) is 13.5 Å². The summed E-state index contributed by atoms with van der Waals surface area (Å²) < 4.78 is 4.58. The van der Waals surface area contributed by atoms with Crippen molar-refractivity contribution in [3.63, 3.8) is 0 Å². The molecule has 4 nitrogen and oxygen atoms in total. The minimum atomic E-state index is -0.911. The van der Waals surface area contributed by atoms with E-state index in [1.807, 2.05) is 0 Å². The molecule has 0 saturated heterocycles. The highest BCUT2D eigenvalue weighted by molar-refractivity contribution is 5.68. The van der Waals surface area contributed by atoms with Gasteiger partial charge in [0.1, 0.15) is 0 Å². The van der Waals surface area contributed by atoms with Crippen molar-refractivity contribution in [1.29, 1.82) is 0 Å². The molecule has 2 rings (SSSR count). The summed E-state index contributed by atoms with van der Waals surface area (Å²) in [4.78, 5) is 11.0. The highest BCUT2D eigenvalue weighted by Crippen LogP contribution is 2.50. The summed E-state index contributed by atoms with van der Waals surface area (Å²) >= 11 is 0. The van der Waals surface area contributed by atoms with Gasteiger partial charge in [0, 0.05) is 6.42 Å². The molecule has 0 spiro atoms. The monoisotopic (exact) mass is 256 g/mol. The Labute approximate surface area is 108 Å². The molecule has 2 fully saturated rings. The number of unbranched alkanes of at least 4 members (excludes halogenated alkanes) is 1. The predicted octanol–water partition coefficient (Wildman–Crippen LogP) is 1.63. The second-order valence-electron chi connectivity index (χ2n) is 5.89. The van der Waals surface area contributed by atoms with Gasteiger partial charge in [-0.15, -0.1) is 0 Å². The first kappa shape index (κ1) is 13.8. The van der Waals surface area contributed by atoms with E-state index >= 15 is 0 Å². The SMILES string of the molecule is COC(=O)CCCCC1(O)CC2CCCC2C1O. The van der Waals surface area contributed by atoms with E-state index in [4.69, 9.17) is 0 Å². The molecule has 2 aliphatic rings. The molecule has 104 valence electrons. The van der Waals surface area contributed by atoms with Crippen molar-refractivity contribution < 1.29 is 19.7 Å². The third kappa shape index (κ3) is 2.69. The van der Waals surface area contributed by atoms with Crippen molar-refractivity contribution in [2.75, 3.05) is 7.11 Å². The third-order valence-corrected chi connectivity index (χ3v) is 4.76. The minimum Gasteiger partial charge on any atom is -0.469 e. The van der Waals surface area contributed by atoms with Crippen molar-refractivity contribution in [2.24, 2.45) is 11.8 Å². The third-order valence-electron chi connectivity index (χ3n) is 4.76. The Hall–Kier alpha value is -0.610. The molecule has 4 heteroatoms. The summed E-state index contributed by atoms with van der Waals surface area (Å²) in [6.07, 6.45) is 6.03. The average molecular weight is 256 g/mol. The minimum absolute atomic E-state index is 0.203. The summed E-state index contributed by atoms with van der Waals surface area (Å²) in [6.45, 7) is 0. The molecule has 0 aliphatic heterocycles. The summed E-state index contributed by atoms with van der Waals surface area (Å²) in [5.41, 5.74) is -0.911. The van der Waals surface area contributed by atoms with Crippen LogP contribution in [-0.2, 0) is 9.53 Å². The van der Waals surface area contributed by atoms with Crippen LogP contribution in [0.5, 0.6) is 0 Å². The molecule has 0 aromatic rings. The van der Waals surface area contributed by atoms with Crippen molar-refractivity contribution in [2.45, 2.75) is 63.1 Å². The predicted molar refractivity (Wildman–Crippen MR) is 66.9 cm³/mol. The first-order chi connectivity index (χ1) is 8.57. The van der Waals surface area contributed by atoms with E-state index in [0.717, 1.165) is 32.1 Å².